The van der Waals surface area contributed by atoms with Crippen molar-refractivity contribution in [1.29, 1.82) is 0 Å². The molecule has 0 fully saturated rings. The van der Waals surface area contributed by atoms with Gasteiger partial charge >= 0.3 is 0 Å². The number of anilines is 1. The Kier molecular flexibility index (Phi) is 4.12. The molecule has 4 nitrogen and oxygen atoms in total. The molecule has 0 spiro atoms. The fourth-order valence-corrected chi connectivity index (χ4v) is 4.06. The predicted octanol–water partition coefficient (Wildman–Crippen LogP) is 2.68. The molecule has 1 unspecified atom stereocenters. The topological polar surface area (TPSA) is 49.4 Å². The highest BCUT2D eigenvalue weighted by Crippen LogP contribution is 2.36. The van der Waals surface area contributed by atoms with Crippen LogP contribution in [-0.4, -0.2) is 26.8 Å². The first-order chi connectivity index (χ1) is 9.29. The number of para-hydroxylation sites is 1. The minimum Gasteiger partial charge on any atom is -0.313 e. The Labute approximate surface area is 122 Å². The Hall–Kier alpha value is -1.07. The highest BCUT2D eigenvalue weighted by atomic mass is 32.2. The molecular formula is C15H24N2O2S. The minimum absolute atomic E-state index is 0.214. The van der Waals surface area contributed by atoms with E-state index in [0.29, 0.717) is 6.54 Å². The third-order valence-electron chi connectivity index (χ3n) is 3.85. The van der Waals surface area contributed by atoms with Crippen molar-refractivity contribution in [3.8, 4) is 0 Å². The van der Waals surface area contributed by atoms with Gasteiger partial charge in [0.1, 0.15) is 0 Å². The first-order valence-corrected chi connectivity index (χ1v) is 8.51. The SMILES string of the molecule is CNC1CCCN(S(=O)(=O)C(C)(C)C)c2ccccc21. The van der Waals surface area contributed by atoms with Crippen molar-refractivity contribution >= 4 is 15.7 Å². The molecule has 1 aromatic rings. The minimum atomic E-state index is -3.36. The van der Waals surface area contributed by atoms with Gasteiger partial charge in [0.2, 0.25) is 10.0 Å². The summed E-state index contributed by atoms with van der Waals surface area (Å²) in [6, 6.07) is 8.02. The molecule has 112 valence electrons. The summed E-state index contributed by atoms with van der Waals surface area (Å²) >= 11 is 0. The number of nitrogens with one attached hydrogen (secondary N) is 1. The van der Waals surface area contributed by atoms with Crippen molar-refractivity contribution in [2.24, 2.45) is 0 Å². The van der Waals surface area contributed by atoms with E-state index in [9.17, 15) is 8.42 Å². The smallest absolute Gasteiger partial charge is 0.240 e. The van der Waals surface area contributed by atoms with Gasteiger partial charge in [-0.2, -0.15) is 0 Å². The summed E-state index contributed by atoms with van der Waals surface area (Å²) in [6.45, 7) is 5.82. The van der Waals surface area contributed by atoms with Crippen LogP contribution in [-0.2, 0) is 10.0 Å². The number of hydrogen-bond acceptors (Lipinski definition) is 3. The highest BCUT2D eigenvalue weighted by molar-refractivity contribution is 7.94. The lowest BCUT2D eigenvalue weighted by Gasteiger charge is -2.32. The fourth-order valence-electron chi connectivity index (χ4n) is 2.60. The average molecular weight is 296 g/mol. The second-order valence-electron chi connectivity index (χ2n) is 6.23. The van der Waals surface area contributed by atoms with Crippen molar-refractivity contribution in [3.63, 3.8) is 0 Å². The second kappa shape index (κ2) is 5.37. The molecule has 1 heterocycles. The molecule has 0 saturated carbocycles. The maximum absolute atomic E-state index is 12.8. The number of sulfonamides is 1. The van der Waals surface area contributed by atoms with Gasteiger partial charge in [0.15, 0.2) is 0 Å². The van der Waals surface area contributed by atoms with Crippen LogP contribution in [0.2, 0.25) is 0 Å². The van der Waals surface area contributed by atoms with E-state index >= 15 is 0 Å². The zero-order chi connectivity index (χ0) is 15.0. The molecule has 2 rings (SSSR count). The van der Waals surface area contributed by atoms with Gasteiger partial charge in [0.05, 0.1) is 10.4 Å². The molecule has 0 aliphatic carbocycles. The molecule has 0 aromatic heterocycles. The number of fused-ring (bicyclic) bond motifs is 1. The van der Waals surface area contributed by atoms with Gasteiger partial charge in [-0.25, -0.2) is 8.42 Å². The van der Waals surface area contributed by atoms with Crippen molar-refractivity contribution in [1.82, 2.24) is 5.32 Å². The monoisotopic (exact) mass is 296 g/mol. The van der Waals surface area contributed by atoms with Crippen LogP contribution < -0.4 is 9.62 Å². The van der Waals surface area contributed by atoms with Crippen molar-refractivity contribution < 1.29 is 8.42 Å². The van der Waals surface area contributed by atoms with Crippen LogP contribution >= 0.6 is 0 Å². The summed E-state index contributed by atoms with van der Waals surface area (Å²) in [4.78, 5) is 0. The van der Waals surface area contributed by atoms with Crippen LogP contribution in [0.4, 0.5) is 5.69 Å². The molecule has 20 heavy (non-hydrogen) atoms. The summed E-state index contributed by atoms with van der Waals surface area (Å²) in [7, 11) is -1.44. The molecule has 5 heteroatoms. The quantitative estimate of drug-likeness (QED) is 0.913. The molecule has 0 amide bonds. The third kappa shape index (κ3) is 2.56. The Balaban J connectivity index is 2.56. The zero-order valence-corrected chi connectivity index (χ0v) is 13.5. The summed E-state index contributed by atoms with van der Waals surface area (Å²) in [5.41, 5.74) is 1.89. The maximum Gasteiger partial charge on any atom is 0.240 e. The summed E-state index contributed by atoms with van der Waals surface area (Å²) < 4.78 is 26.5. The molecule has 1 aliphatic rings. The van der Waals surface area contributed by atoms with E-state index in [2.05, 4.69) is 5.32 Å². The lowest BCUT2D eigenvalue weighted by molar-refractivity contribution is 0.538. The first-order valence-electron chi connectivity index (χ1n) is 7.07. The molecule has 1 N–H and O–H groups in total. The number of rotatable bonds is 2. The Morgan fingerprint density at radius 2 is 1.90 bits per heavy atom. The van der Waals surface area contributed by atoms with Gasteiger partial charge in [-0.1, -0.05) is 18.2 Å². The van der Waals surface area contributed by atoms with Crippen molar-refractivity contribution in [2.45, 2.75) is 44.4 Å². The third-order valence-corrected chi connectivity index (χ3v) is 6.35. The van der Waals surface area contributed by atoms with Gasteiger partial charge in [-0.3, -0.25) is 4.31 Å². The largest absolute Gasteiger partial charge is 0.313 e. The molecule has 1 aromatic carbocycles. The first kappa shape index (κ1) is 15.3. The average Bonchev–Trinajstić information content (AvgIpc) is 2.56. The standard InChI is InChI=1S/C15H24N2O2S/c1-15(2,3)20(18,19)17-11-7-9-13(16-4)12-8-5-6-10-14(12)17/h5-6,8,10,13,16H,7,9,11H2,1-4H3. The number of nitrogens with zero attached hydrogens (tertiary/aromatic N) is 1. The van der Waals surface area contributed by atoms with Gasteiger partial charge in [-0.05, 0) is 52.3 Å². The number of benzene rings is 1. The van der Waals surface area contributed by atoms with Gasteiger partial charge in [0, 0.05) is 12.6 Å². The van der Waals surface area contributed by atoms with Gasteiger partial charge in [-0.15, -0.1) is 0 Å². The van der Waals surface area contributed by atoms with Crippen LogP contribution in [0.3, 0.4) is 0 Å². The lowest BCUT2D eigenvalue weighted by atomic mass is 10.0. The van der Waals surface area contributed by atoms with E-state index < -0.39 is 14.8 Å². The van der Waals surface area contributed by atoms with Crippen molar-refractivity contribution in [2.75, 3.05) is 17.9 Å². The number of hydrogen-bond donors (Lipinski definition) is 1. The van der Waals surface area contributed by atoms with E-state index in [-0.39, 0.29) is 6.04 Å². The van der Waals surface area contributed by atoms with Crippen LogP contribution in [0.5, 0.6) is 0 Å². The van der Waals surface area contributed by atoms with Crippen LogP contribution in [0.15, 0.2) is 24.3 Å². The zero-order valence-electron chi connectivity index (χ0n) is 12.7. The Morgan fingerprint density at radius 3 is 2.50 bits per heavy atom. The predicted molar refractivity (Wildman–Crippen MR) is 83.5 cm³/mol. The highest BCUT2D eigenvalue weighted by Gasteiger charge is 2.37. The molecule has 1 atom stereocenters. The second-order valence-corrected chi connectivity index (χ2v) is 8.85. The summed E-state index contributed by atoms with van der Waals surface area (Å²) in [5, 5.41) is 3.29. The molecule has 0 bridgehead atoms. The van der Waals surface area contributed by atoms with E-state index in [0.717, 1.165) is 24.1 Å². The lowest BCUT2D eigenvalue weighted by Crippen LogP contribution is -2.43. The van der Waals surface area contributed by atoms with E-state index in [1.165, 1.54) is 0 Å². The van der Waals surface area contributed by atoms with Gasteiger partial charge < -0.3 is 5.32 Å². The molecule has 0 saturated heterocycles. The Morgan fingerprint density at radius 1 is 1.25 bits per heavy atom. The maximum atomic E-state index is 12.8. The van der Waals surface area contributed by atoms with E-state index in [4.69, 9.17) is 0 Å². The normalized spacial score (nSPS) is 20.4. The van der Waals surface area contributed by atoms with E-state index in [1.807, 2.05) is 31.3 Å². The fraction of sp³-hybridized carbons (Fsp3) is 0.600. The van der Waals surface area contributed by atoms with E-state index in [1.54, 1.807) is 25.1 Å². The van der Waals surface area contributed by atoms with Crippen LogP contribution in [0.1, 0.15) is 45.2 Å². The summed E-state index contributed by atoms with van der Waals surface area (Å²) in [5.74, 6) is 0. The van der Waals surface area contributed by atoms with Crippen molar-refractivity contribution in [3.05, 3.63) is 29.8 Å². The van der Waals surface area contributed by atoms with Crippen LogP contribution in [0.25, 0.3) is 0 Å². The van der Waals surface area contributed by atoms with Gasteiger partial charge in [0.25, 0.3) is 0 Å². The molecular weight excluding hydrogens is 272 g/mol. The summed E-state index contributed by atoms with van der Waals surface area (Å²) in [6.07, 6.45) is 1.80. The molecule has 1 aliphatic heterocycles. The van der Waals surface area contributed by atoms with Crippen LogP contribution in [0, 0.1) is 0 Å². The Bertz CT molecular complexity index is 576. The molecule has 0 radical (unpaired) electrons.